The second-order valence-electron chi connectivity index (χ2n) is 4.07. The van der Waals surface area contributed by atoms with Crippen LogP contribution in [-0.2, 0) is 15.2 Å². The predicted octanol–water partition coefficient (Wildman–Crippen LogP) is -2.84. The van der Waals surface area contributed by atoms with E-state index in [1.165, 1.54) is 7.11 Å². The first-order valence-corrected chi connectivity index (χ1v) is 5.82. The van der Waals surface area contributed by atoms with Crippen LogP contribution in [0.4, 0.5) is 0 Å². The van der Waals surface area contributed by atoms with Crippen molar-refractivity contribution in [3.63, 3.8) is 0 Å². The van der Waals surface area contributed by atoms with Crippen LogP contribution in [0.5, 0.6) is 0 Å². The van der Waals surface area contributed by atoms with Crippen LogP contribution in [0.25, 0.3) is 0 Å². The molecular formula is C12H16N2O7. The maximum atomic E-state index is 11.7. The van der Waals surface area contributed by atoms with Crippen LogP contribution < -0.4 is 11.2 Å². The van der Waals surface area contributed by atoms with E-state index in [2.05, 4.69) is 4.74 Å². The van der Waals surface area contributed by atoms with Crippen LogP contribution in [0.3, 0.4) is 0 Å². The van der Waals surface area contributed by atoms with E-state index in [1.54, 1.807) is 0 Å². The Morgan fingerprint density at radius 2 is 2.24 bits per heavy atom. The SMILES string of the molecule is C#C[C@@](O)([C@H](O)[C@@H](COCO)OC)n1ccc(=O)[nH]c1=O. The Kier molecular flexibility index (Phi) is 5.83. The number of ether oxygens (including phenoxy) is 2. The summed E-state index contributed by atoms with van der Waals surface area (Å²) in [5.41, 5.74) is -4.15. The Morgan fingerprint density at radius 1 is 1.57 bits per heavy atom. The summed E-state index contributed by atoms with van der Waals surface area (Å²) in [6, 6.07) is 0.961. The van der Waals surface area contributed by atoms with Gasteiger partial charge >= 0.3 is 5.69 Å². The molecule has 3 atom stereocenters. The van der Waals surface area contributed by atoms with Gasteiger partial charge in [0.05, 0.1) is 6.61 Å². The summed E-state index contributed by atoms with van der Waals surface area (Å²) >= 11 is 0. The largest absolute Gasteiger partial charge is 0.384 e. The maximum Gasteiger partial charge on any atom is 0.331 e. The lowest BCUT2D eigenvalue weighted by Gasteiger charge is -2.33. The number of terminal acetylenes is 1. The molecule has 4 N–H and O–H groups in total. The summed E-state index contributed by atoms with van der Waals surface area (Å²) < 4.78 is 10.2. The molecule has 116 valence electrons. The number of nitrogens with one attached hydrogen (secondary N) is 1. The Hall–Kier alpha value is -1.96. The second kappa shape index (κ2) is 7.16. The molecule has 0 spiro atoms. The van der Waals surface area contributed by atoms with E-state index in [1.807, 2.05) is 10.9 Å². The Bertz CT molecular complexity index is 617. The zero-order valence-corrected chi connectivity index (χ0v) is 11.2. The first kappa shape index (κ1) is 17.1. The minimum atomic E-state index is -2.47. The van der Waals surface area contributed by atoms with E-state index in [4.69, 9.17) is 16.3 Å². The summed E-state index contributed by atoms with van der Waals surface area (Å²) in [6.07, 6.45) is 3.27. The van der Waals surface area contributed by atoms with Crippen molar-refractivity contribution in [2.45, 2.75) is 17.9 Å². The molecule has 21 heavy (non-hydrogen) atoms. The Morgan fingerprint density at radius 3 is 2.71 bits per heavy atom. The number of aliphatic hydroxyl groups is 3. The number of nitrogens with zero attached hydrogens (tertiary/aromatic N) is 1. The van der Waals surface area contributed by atoms with Crippen LogP contribution in [0.1, 0.15) is 0 Å². The van der Waals surface area contributed by atoms with Gasteiger partial charge in [-0.1, -0.05) is 0 Å². The van der Waals surface area contributed by atoms with Gasteiger partial charge in [0.15, 0.2) is 0 Å². The first-order chi connectivity index (χ1) is 9.90. The molecule has 0 bridgehead atoms. The zero-order chi connectivity index (χ0) is 16.0. The lowest BCUT2D eigenvalue weighted by Crippen LogP contribution is -2.56. The summed E-state index contributed by atoms with van der Waals surface area (Å²) in [5, 5.41) is 29.1. The highest BCUT2D eigenvalue weighted by atomic mass is 16.6. The quantitative estimate of drug-likeness (QED) is 0.315. The molecule has 9 heteroatoms. The van der Waals surface area contributed by atoms with Gasteiger partial charge in [-0.3, -0.25) is 14.3 Å². The van der Waals surface area contributed by atoms with Gasteiger partial charge in [0.2, 0.25) is 5.72 Å². The van der Waals surface area contributed by atoms with E-state index in [0.29, 0.717) is 4.57 Å². The molecule has 0 aliphatic heterocycles. The normalized spacial score (nSPS) is 16.7. The molecule has 1 aromatic rings. The highest BCUT2D eigenvalue weighted by Gasteiger charge is 2.42. The van der Waals surface area contributed by atoms with E-state index in [9.17, 15) is 19.8 Å². The fourth-order valence-corrected chi connectivity index (χ4v) is 1.70. The number of H-pyrrole nitrogens is 1. The second-order valence-corrected chi connectivity index (χ2v) is 4.07. The molecule has 9 nitrogen and oxygen atoms in total. The van der Waals surface area contributed by atoms with Crippen molar-refractivity contribution in [3.8, 4) is 12.3 Å². The molecular weight excluding hydrogens is 284 g/mol. The summed E-state index contributed by atoms with van der Waals surface area (Å²) in [6.45, 7) is -0.907. The summed E-state index contributed by atoms with van der Waals surface area (Å²) in [4.78, 5) is 24.6. The first-order valence-electron chi connectivity index (χ1n) is 5.82. The molecule has 0 aliphatic carbocycles. The number of aromatic nitrogens is 2. The van der Waals surface area contributed by atoms with Crippen molar-refractivity contribution in [2.75, 3.05) is 20.5 Å². The van der Waals surface area contributed by atoms with Crippen molar-refractivity contribution >= 4 is 0 Å². The van der Waals surface area contributed by atoms with Crippen LogP contribution in [0.15, 0.2) is 21.9 Å². The van der Waals surface area contributed by atoms with Gasteiger partial charge in [-0.15, -0.1) is 6.42 Å². The van der Waals surface area contributed by atoms with Gasteiger partial charge in [0.1, 0.15) is 19.0 Å². The molecule has 0 aliphatic rings. The van der Waals surface area contributed by atoms with Crippen molar-refractivity contribution < 1.29 is 24.8 Å². The predicted molar refractivity (Wildman–Crippen MR) is 70.2 cm³/mol. The third kappa shape index (κ3) is 3.57. The lowest BCUT2D eigenvalue weighted by atomic mass is 10.0. The highest BCUT2D eigenvalue weighted by molar-refractivity contribution is 5.10. The zero-order valence-electron chi connectivity index (χ0n) is 11.2. The molecule has 0 amide bonds. The molecule has 0 saturated heterocycles. The fraction of sp³-hybridized carbons (Fsp3) is 0.500. The van der Waals surface area contributed by atoms with Gasteiger partial charge in [-0.25, -0.2) is 4.79 Å². The third-order valence-corrected chi connectivity index (χ3v) is 2.84. The van der Waals surface area contributed by atoms with E-state index in [-0.39, 0.29) is 6.61 Å². The number of hydrogen-bond acceptors (Lipinski definition) is 7. The number of hydrogen-bond donors (Lipinski definition) is 4. The van der Waals surface area contributed by atoms with Crippen LogP contribution in [-0.4, -0.2) is 57.6 Å². The monoisotopic (exact) mass is 300 g/mol. The smallest absolute Gasteiger partial charge is 0.331 e. The van der Waals surface area contributed by atoms with Crippen LogP contribution in [0.2, 0.25) is 0 Å². The van der Waals surface area contributed by atoms with Crippen molar-refractivity contribution in [1.29, 1.82) is 0 Å². The topological polar surface area (TPSA) is 134 Å². The van der Waals surface area contributed by atoms with E-state index >= 15 is 0 Å². The van der Waals surface area contributed by atoms with Gasteiger partial charge in [-0.2, -0.15) is 0 Å². The molecule has 0 saturated carbocycles. The number of aliphatic hydroxyl groups excluding tert-OH is 2. The lowest BCUT2D eigenvalue weighted by molar-refractivity contribution is -0.168. The van der Waals surface area contributed by atoms with Crippen molar-refractivity contribution in [2.24, 2.45) is 0 Å². The summed E-state index contributed by atoms with van der Waals surface area (Å²) in [5.74, 6) is 1.89. The maximum absolute atomic E-state index is 11.7. The Balaban J connectivity index is 3.22. The Labute approximate surface area is 119 Å². The average molecular weight is 300 g/mol. The fourth-order valence-electron chi connectivity index (χ4n) is 1.70. The van der Waals surface area contributed by atoms with Crippen molar-refractivity contribution in [3.05, 3.63) is 33.1 Å². The molecule has 1 aromatic heterocycles. The third-order valence-electron chi connectivity index (χ3n) is 2.84. The van der Waals surface area contributed by atoms with Crippen LogP contribution in [0, 0.1) is 12.3 Å². The number of methoxy groups -OCH3 is 1. The molecule has 0 aromatic carbocycles. The van der Waals surface area contributed by atoms with E-state index < -0.39 is 36.0 Å². The summed E-state index contributed by atoms with van der Waals surface area (Å²) in [7, 11) is 1.22. The highest BCUT2D eigenvalue weighted by Crippen LogP contribution is 2.19. The molecule has 1 rings (SSSR count). The van der Waals surface area contributed by atoms with Gasteiger partial charge in [0.25, 0.3) is 5.56 Å². The molecule has 0 radical (unpaired) electrons. The van der Waals surface area contributed by atoms with Gasteiger partial charge < -0.3 is 24.8 Å². The van der Waals surface area contributed by atoms with Gasteiger partial charge in [0, 0.05) is 19.4 Å². The standard InChI is InChI=1S/C12H16N2O7/c1-3-12(19,10(17)8(20-2)6-21-7-15)14-5-4-9(16)13-11(14)18/h1,4-5,8,10,15,17,19H,6-7H2,2H3,(H,13,16,18)/t8-,10-,12-/m1/s1. The van der Waals surface area contributed by atoms with Crippen LogP contribution >= 0.6 is 0 Å². The minimum absolute atomic E-state index is 0.281. The minimum Gasteiger partial charge on any atom is -0.384 e. The number of aromatic amines is 1. The molecule has 0 fully saturated rings. The number of rotatable bonds is 7. The van der Waals surface area contributed by atoms with E-state index in [0.717, 1.165) is 12.3 Å². The van der Waals surface area contributed by atoms with Crippen molar-refractivity contribution in [1.82, 2.24) is 9.55 Å². The molecule has 0 unspecified atom stereocenters. The van der Waals surface area contributed by atoms with Gasteiger partial charge in [-0.05, 0) is 5.92 Å². The molecule has 1 heterocycles. The average Bonchev–Trinajstić information content (AvgIpc) is 2.47.